The van der Waals surface area contributed by atoms with Gasteiger partial charge in [-0.1, -0.05) is 34.4 Å². The van der Waals surface area contributed by atoms with Gasteiger partial charge in [-0.05, 0) is 69.2 Å². The van der Waals surface area contributed by atoms with Crippen molar-refractivity contribution >= 4 is 58.3 Å². The molecular formula is C27H27Cl2F3N4O8S. The molecule has 2 N–H and O–H groups in total. The van der Waals surface area contributed by atoms with Crippen molar-refractivity contribution in [2.24, 2.45) is 5.16 Å². The molecule has 0 radical (unpaired) electrons. The van der Waals surface area contributed by atoms with E-state index in [-0.39, 0.29) is 40.0 Å². The number of carbonyl (C=O) groups is 3. The lowest BCUT2D eigenvalue weighted by Crippen LogP contribution is -2.42. The maximum absolute atomic E-state index is 14.3. The van der Waals surface area contributed by atoms with E-state index in [9.17, 15) is 31.8 Å². The zero-order chi connectivity index (χ0) is 33.3. The molecule has 1 saturated heterocycles. The van der Waals surface area contributed by atoms with Crippen LogP contribution in [0.25, 0.3) is 0 Å². The summed E-state index contributed by atoms with van der Waals surface area (Å²) in [6, 6.07) is 7.86. The molecule has 0 aliphatic carbocycles. The van der Waals surface area contributed by atoms with Gasteiger partial charge in [0.15, 0.2) is 0 Å². The van der Waals surface area contributed by atoms with Crippen LogP contribution >= 0.6 is 23.2 Å². The van der Waals surface area contributed by atoms with E-state index in [0.717, 1.165) is 12.1 Å². The number of nitrogens with zero attached hydrogens (tertiary/aromatic N) is 2. The van der Waals surface area contributed by atoms with E-state index in [1.54, 1.807) is 33.2 Å². The van der Waals surface area contributed by atoms with Crippen LogP contribution in [0.4, 0.5) is 22.8 Å². The summed E-state index contributed by atoms with van der Waals surface area (Å²) in [5, 5.41) is 6.32. The van der Waals surface area contributed by atoms with E-state index < -0.39 is 59.3 Å². The molecule has 0 bridgehead atoms. The van der Waals surface area contributed by atoms with E-state index >= 15 is 0 Å². The first-order chi connectivity index (χ1) is 20.9. The molecule has 2 aliphatic rings. The van der Waals surface area contributed by atoms with E-state index in [0.29, 0.717) is 15.4 Å². The molecule has 3 amide bonds. The minimum atomic E-state index is -4.87. The van der Waals surface area contributed by atoms with Gasteiger partial charge in [0, 0.05) is 34.1 Å². The van der Waals surface area contributed by atoms with Crippen LogP contribution in [-0.2, 0) is 35.5 Å². The van der Waals surface area contributed by atoms with Gasteiger partial charge < -0.3 is 19.7 Å². The van der Waals surface area contributed by atoms with Crippen molar-refractivity contribution in [3.05, 3.63) is 68.7 Å². The molecule has 2 aromatic rings. The first-order valence-electron chi connectivity index (χ1n) is 13.1. The topological polar surface area (TPSA) is 145 Å². The fourth-order valence-electron chi connectivity index (χ4n) is 4.36. The average Bonchev–Trinajstić information content (AvgIpc) is 3.54. The van der Waals surface area contributed by atoms with Crippen LogP contribution in [0.2, 0.25) is 10.0 Å². The molecule has 3 unspecified atom stereocenters. The number of nitrogens with one attached hydrogen (secondary N) is 2. The van der Waals surface area contributed by atoms with Crippen LogP contribution < -0.4 is 10.8 Å². The Balaban J connectivity index is 1.36. The van der Waals surface area contributed by atoms with Crippen molar-refractivity contribution in [2.45, 2.75) is 57.6 Å². The quantitative estimate of drug-likeness (QED) is 0.392. The number of hydrogen-bond donors (Lipinski definition) is 2. The van der Waals surface area contributed by atoms with Crippen LogP contribution in [0.3, 0.4) is 0 Å². The second-order valence-corrected chi connectivity index (χ2v) is 12.9. The molecule has 2 heterocycles. The van der Waals surface area contributed by atoms with Crippen molar-refractivity contribution in [3.63, 3.8) is 0 Å². The van der Waals surface area contributed by atoms with Gasteiger partial charge in [0.1, 0.15) is 11.7 Å². The largest absolute Gasteiger partial charge is 0.448 e. The lowest BCUT2D eigenvalue weighted by Gasteiger charge is -2.29. The molecule has 1 fully saturated rings. The van der Waals surface area contributed by atoms with Gasteiger partial charge in [0.05, 0.1) is 12.3 Å². The van der Waals surface area contributed by atoms with Crippen molar-refractivity contribution in [3.8, 4) is 0 Å². The summed E-state index contributed by atoms with van der Waals surface area (Å²) in [5.74, 6) is -0.566. The van der Waals surface area contributed by atoms with Crippen molar-refractivity contribution in [1.82, 2.24) is 15.1 Å². The molecular weight excluding hydrogens is 668 g/mol. The summed E-state index contributed by atoms with van der Waals surface area (Å²) in [6.07, 6.45) is -8.63. The first-order valence-corrected chi connectivity index (χ1v) is 14.9. The minimum Gasteiger partial charge on any atom is -0.442 e. The summed E-state index contributed by atoms with van der Waals surface area (Å²) >= 11 is 9.65. The third kappa shape index (κ3) is 7.98. The number of hydroxylamine groups is 1. The normalized spacial score (nSPS) is 21.5. The number of amides is 3. The molecule has 45 heavy (non-hydrogen) atoms. The Kier molecular flexibility index (Phi) is 9.92. The number of benzene rings is 2. The highest BCUT2D eigenvalue weighted by Gasteiger charge is 2.62. The van der Waals surface area contributed by atoms with Crippen LogP contribution in [0.1, 0.15) is 54.2 Å². The van der Waals surface area contributed by atoms with Gasteiger partial charge in [-0.2, -0.15) is 17.5 Å². The number of halogens is 5. The summed E-state index contributed by atoms with van der Waals surface area (Å²) in [5.41, 5.74) is -1.28. The summed E-state index contributed by atoms with van der Waals surface area (Å²) < 4.78 is 66.0. The van der Waals surface area contributed by atoms with E-state index in [1.165, 1.54) is 24.3 Å². The summed E-state index contributed by atoms with van der Waals surface area (Å²) in [4.78, 5) is 46.4. The number of carbonyl (C=O) groups excluding carboxylic acids is 3. The SMILES string of the molecule is Cc1cc(C2=NOC(c3cc(Cl)cc(Cl)c3)(C(F)(F)F)C2)ccc1C(=O)NCC1CN(C(=O)ONC(=O)OC(C)(C)C)S(=O)O1. The Hall–Kier alpha value is -3.60. The zero-order valence-electron chi connectivity index (χ0n) is 24.1. The second kappa shape index (κ2) is 13.0. The lowest BCUT2D eigenvalue weighted by molar-refractivity contribution is -0.275. The van der Waals surface area contributed by atoms with Gasteiger partial charge in [0.25, 0.3) is 22.8 Å². The summed E-state index contributed by atoms with van der Waals surface area (Å²) in [6.45, 7) is 6.00. The van der Waals surface area contributed by atoms with Crippen LogP contribution in [0.15, 0.2) is 41.6 Å². The molecule has 3 atom stereocenters. The van der Waals surface area contributed by atoms with Crippen LogP contribution in [0.5, 0.6) is 0 Å². The van der Waals surface area contributed by atoms with Crippen LogP contribution in [-0.4, -0.2) is 63.3 Å². The van der Waals surface area contributed by atoms with Gasteiger partial charge >= 0.3 is 18.4 Å². The van der Waals surface area contributed by atoms with Crippen molar-refractivity contribution < 1.29 is 50.4 Å². The standard InChI is InChI=1S/C27H27Cl2F3N4O8S/c1-14-7-15(21-11-26(44-34-21,27(30,31)32)16-8-17(28)10-18(29)9-16)5-6-20(14)22(37)33-12-19-13-36(45(40)43-19)24(39)42-35-23(38)41-25(2,3)4/h5-10,19H,11-13H2,1-4H3,(H,33,37)(H,35,38). The average molecular weight is 696 g/mol. The van der Waals surface area contributed by atoms with E-state index in [1.807, 2.05) is 0 Å². The highest BCUT2D eigenvalue weighted by molar-refractivity contribution is 7.78. The third-order valence-electron chi connectivity index (χ3n) is 6.40. The first kappa shape index (κ1) is 34.3. The number of alkyl halides is 3. The van der Waals surface area contributed by atoms with E-state index in [2.05, 4.69) is 15.3 Å². The molecule has 4 rings (SSSR count). The molecule has 244 valence electrons. The molecule has 2 aliphatic heterocycles. The Bertz CT molecular complexity index is 1550. The predicted molar refractivity (Wildman–Crippen MR) is 156 cm³/mol. The third-order valence-corrected chi connectivity index (χ3v) is 7.93. The number of ether oxygens (including phenoxy) is 1. The Morgan fingerprint density at radius 3 is 2.40 bits per heavy atom. The Morgan fingerprint density at radius 2 is 1.80 bits per heavy atom. The van der Waals surface area contributed by atoms with Crippen molar-refractivity contribution in [1.29, 1.82) is 0 Å². The van der Waals surface area contributed by atoms with Crippen molar-refractivity contribution in [2.75, 3.05) is 13.1 Å². The monoisotopic (exact) mass is 694 g/mol. The lowest BCUT2D eigenvalue weighted by atomic mass is 9.86. The van der Waals surface area contributed by atoms with Gasteiger partial charge in [-0.15, -0.1) is 5.48 Å². The second-order valence-electron chi connectivity index (χ2n) is 11.0. The fraction of sp³-hybridized carbons (Fsp3) is 0.407. The number of aryl methyl sites for hydroxylation is 1. The number of oxime groups is 1. The molecule has 18 heteroatoms. The van der Waals surface area contributed by atoms with Gasteiger partial charge in [0.2, 0.25) is 0 Å². The molecule has 0 saturated carbocycles. The van der Waals surface area contributed by atoms with Gasteiger partial charge in [-0.25, -0.2) is 13.8 Å². The number of rotatable bonds is 5. The molecule has 0 spiro atoms. The maximum Gasteiger partial charge on any atom is 0.448 e. The van der Waals surface area contributed by atoms with E-state index in [4.69, 9.17) is 37.0 Å². The predicted octanol–water partition coefficient (Wildman–Crippen LogP) is 5.47. The minimum absolute atomic E-state index is 0.00137. The number of hydrogen-bond acceptors (Lipinski definition) is 9. The molecule has 2 aromatic carbocycles. The fourth-order valence-corrected chi connectivity index (χ4v) is 5.80. The van der Waals surface area contributed by atoms with Crippen LogP contribution in [0, 0.1) is 6.92 Å². The highest BCUT2D eigenvalue weighted by Crippen LogP contribution is 2.49. The maximum atomic E-state index is 14.3. The molecule has 12 nitrogen and oxygen atoms in total. The summed E-state index contributed by atoms with van der Waals surface area (Å²) in [7, 11) is 0. The smallest absolute Gasteiger partial charge is 0.442 e. The Labute approximate surface area is 267 Å². The highest BCUT2D eigenvalue weighted by atomic mass is 35.5. The Morgan fingerprint density at radius 1 is 1.13 bits per heavy atom. The van der Waals surface area contributed by atoms with Gasteiger partial charge in [-0.3, -0.25) is 8.98 Å². The zero-order valence-corrected chi connectivity index (χ0v) is 26.4. The molecule has 0 aromatic heterocycles.